The van der Waals surface area contributed by atoms with E-state index in [0.717, 1.165) is 11.0 Å². The van der Waals surface area contributed by atoms with Crippen molar-refractivity contribution >= 4 is 29.4 Å². The third-order valence-electron chi connectivity index (χ3n) is 2.86. The van der Waals surface area contributed by atoms with Gasteiger partial charge in [-0.15, -0.1) is 0 Å². The number of amides is 3. The molecule has 1 unspecified atom stereocenters. The summed E-state index contributed by atoms with van der Waals surface area (Å²) in [7, 11) is 0. The quantitative estimate of drug-likeness (QED) is 0.551. The molecular formula is C12H13N5O6. The highest BCUT2D eigenvalue weighted by Crippen LogP contribution is 2.33. The van der Waals surface area contributed by atoms with Crippen molar-refractivity contribution in [2.24, 2.45) is 0 Å². The van der Waals surface area contributed by atoms with Crippen LogP contribution in [-0.2, 0) is 14.4 Å². The van der Waals surface area contributed by atoms with Gasteiger partial charge in [0, 0.05) is 13.0 Å². The number of carbonyl (C=O) groups excluding carboxylic acids is 3. The molecule has 11 heteroatoms. The Hall–Kier alpha value is -3.24. The molecule has 1 aromatic rings. The molecule has 1 aliphatic heterocycles. The van der Waals surface area contributed by atoms with Crippen LogP contribution in [0.15, 0.2) is 12.1 Å². The zero-order valence-corrected chi connectivity index (χ0v) is 12.2. The Labute approximate surface area is 129 Å². The molecule has 3 amide bonds. The average molecular weight is 323 g/mol. The van der Waals surface area contributed by atoms with Crippen molar-refractivity contribution < 1.29 is 24.0 Å². The van der Waals surface area contributed by atoms with Gasteiger partial charge in [-0.2, -0.15) is 0 Å². The van der Waals surface area contributed by atoms with Gasteiger partial charge in [0.1, 0.15) is 6.54 Å². The monoisotopic (exact) mass is 323 g/mol. The first-order valence-electron chi connectivity index (χ1n) is 6.48. The maximum absolute atomic E-state index is 12.2. The molecule has 23 heavy (non-hydrogen) atoms. The molecule has 0 aliphatic carbocycles. The number of hydrogen-bond donors (Lipinski definition) is 2. The number of nitro groups is 1. The van der Waals surface area contributed by atoms with E-state index in [-0.39, 0.29) is 11.6 Å². The Kier molecular flexibility index (Phi) is 4.39. The maximum atomic E-state index is 12.2. The molecule has 1 atom stereocenters. The van der Waals surface area contributed by atoms with E-state index in [9.17, 15) is 24.5 Å². The second-order valence-electron chi connectivity index (χ2n) is 4.66. The van der Waals surface area contributed by atoms with Crippen LogP contribution in [0.4, 0.5) is 11.6 Å². The molecule has 1 aliphatic rings. The van der Waals surface area contributed by atoms with Crippen molar-refractivity contribution in [1.29, 1.82) is 0 Å². The van der Waals surface area contributed by atoms with Crippen molar-refractivity contribution in [2.75, 3.05) is 11.4 Å². The molecule has 1 aromatic heterocycles. The Morgan fingerprint density at radius 2 is 2.13 bits per heavy atom. The second-order valence-corrected chi connectivity index (χ2v) is 4.66. The molecule has 0 saturated carbocycles. The van der Waals surface area contributed by atoms with Gasteiger partial charge in [0.2, 0.25) is 5.91 Å². The Morgan fingerprint density at radius 1 is 1.43 bits per heavy atom. The average Bonchev–Trinajstić information content (AvgIpc) is 2.49. The van der Waals surface area contributed by atoms with Gasteiger partial charge in [0.05, 0.1) is 0 Å². The summed E-state index contributed by atoms with van der Waals surface area (Å²) >= 11 is 0. The fourth-order valence-electron chi connectivity index (χ4n) is 1.87. The summed E-state index contributed by atoms with van der Waals surface area (Å²) in [4.78, 5) is 49.5. The molecule has 0 aromatic carbocycles. The molecule has 11 nitrogen and oxygen atoms in total. The number of hydrogen-bond acceptors (Lipinski definition) is 7. The first-order valence-corrected chi connectivity index (χ1v) is 6.48. The number of hydrazine groups is 1. The van der Waals surface area contributed by atoms with Crippen molar-refractivity contribution in [3.8, 4) is 5.75 Å². The van der Waals surface area contributed by atoms with Crippen LogP contribution in [0.2, 0.25) is 0 Å². The lowest BCUT2D eigenvalue weighted by molar-refractivity contribution is -0.389. The number of nitrogens with zero attached hydrogens (tertiary/aromatic N) is 3. The lowest BCUT2D eigenvalue weighted by Gasteiger charge is -2.28. The number of pyridine rings is 1. The lowest BCUT2D eigenvalue weighted by Crippen LogP contribution is -2.51. The van der Waals surface area contributed by atoms with Crippen molar-refractivity contribution in [3.05, 3.63) is 22.2 Å². The Balaban J connectivity index is 2.29. The minimum Gasteiger partial charge on any atom is -0.475 e. The molecule has 0 saturated heterocycles. The van der Waals surface area contributed by atoms with E-state index >= 15 is 0 Å². The molecule has 2 N–H and O–H groups in total. The second kappa shape index (κ2) is 6.25. The van der Waals surface area contributed by atoms with Gasteiger partial charge in [-0.25, -0.2) is 0 Å². The van der Waals surface area contributed by atoms with Gasteiger partial charge < -0.3 is 14.9 Å². The fraction of sp³-hybridized carbons (Fsp3) is 0.333. The van der Waals surface area contributed by atoms with Crippen molar-refractivity contribution in [3.63, 3.8) is 0 Å². The molecule has 0 radical (unpaired) electrons. The smallest absolute Gasteiger partial charge is 0.366 e. The number of fused-ring (bicyclic) bond motifs is 1. The maximum Gasteiger partial charge on any atom is 0.366 e. The van der Waals surface area contributed by atoms with Crippen molar-refractivity contribution in [2.45, 2.75) is 20.0 Å². The normalized spacial score (nSPS) is 16.2. The van der Waals surface area contributed by atoms with Crippen LogP contribution >= 0.6 is 0 Å². The van der Waals surface area contributed by atoms with Crippen LogP contribution in [0.3, 0.4) is 0 Å². The van der Waals surface area contributed by atoms with Gasteiger partial charge in [0.25, 0.3) is 17.6 Å². The Morgan fingerprint density at radius 3 is 2.74 bits per heavy atom. The van der Waals surface area contributed by atoms with Gasteiger partial charge in [-0.3, -0.25) is 30.1 Å². The molecule has 122 valence electrons. The summed E-state index contributed by atoms with van der Waals surface area (Å²) in [5.74, 6) is -2.23. The highest BCUT2D eigenvalue weighted by atomic mass is 16.6. The van der Waals surface area contributed by atoms with E-state index < -0.39 is 41.1 Å². The predicted octanol–water partition coefficient (Wildman–Crippen LogP) is -0.729. The third kappa shape index (κ3) is 3.51. The number of carbonyl (C=O) groups is 3. The highest BCUT2D eigenvalue weighted by Gasteiger charge is 2.37. The molecule has 0 bridgehead atoms. The van der Waals surface area contributed by atoms with Crippen LogP contribution in [0.5, 0.6) is 5.75 Å². The van der Waals surface area contributed by atoms with Gasteiger partial charge in [-0.1, -0.05) is 0 Å². The van der Waals surface area contributed by atoms with Crippen LogP contribution in [0.25, 0.3) is 0 Å². The predicted molar refractivity (Wildman–Crippen MR) is 75.3 cm³/mol. The lowest BCUT2D eigenvalue weighted by atomic mass is 10.2. The van der Waals surface area contributed by atoms with Gasteiger partial charge in [0.15, 0.2) is 11.9 Å². The minimum absolute atomic E-state index is 0.125. The number of anilines is 1. The van der Waals surface area contributed by atoms with E-state index in [1.165, 1.54) is 19.9 Å². The molecular weight excluding hydrogens is 310 g/mol. The van der Waals surface area contributed by atoms with E-state index in [0.29, 0.717) is 0 Å². The van der Waals surface area contributed by atoms with E-state index in [1.807, 2.05) is 0 Å². The first kappa shape index (κ1) is 16.1. The van der Waals surface area contributed by atoms with Crippen LogP contribution < -0.4 is 20.5 Å². The summed E-state index contributed by atoms with van der Waals surface area (Å²) < 4.78 is 5.31. The first-order chi connectivity index (χ1) is 10.8. The van der Waals surface area contributed by atoms with E-state index in [2.05, 4.69) is 15.8 Å². The summed E-state index contributed by atoms with van der Waals surface area (Å²) in [6.07, 6.45) is -0.876. The minimum atomic E-state index is -0.876. The molecule has 0 fully saturated rings. The highest BCUT2D eigenvalue weighted by molar-refractivity contribution is 6.03. The molecule has 2 rings (SSSR count). The molecule has 2 heterocycles. The van der Waals surface area contributed by atoms with Crippen LogP contribution in [-0.4, -0.2) is 40.3 Å². The summed E-state index contributed by atoms with van der Waals surface area (Å²) in [5, 5.41) is 10.8. The topological polar surface area (TPSA) is 144 Å². The number of nitrogens with one attached hydrogen (secondary N) is 2. The van der Waals surface area contributed by atoms with Gasteiger partial charge in [-0.05, 0) is 22.9 Å². The summed E-state index contributed by atoms with van der Waals surface area (Å²) in [6, 6.07) is 2.44. The van der Waals surface area contributed by atoms with Crippen molar-refractivity contribution in [1.82, 2.24) is 15.8 Å². The zero-order chi connectivity index (χ0) is 17.1. The zero-order valence-electron chi connectivity index (χ0n) is 12.2. The fourth-order valence-corrected chi connectivity index (χ4v) is 1.87. The Bertz CT molecular complexity index is 691. The van der Waals surface area contributed by atoms with E-state index in [1.54, 1.807) is 0 Å². The van der Waals surface area contributed by atoms with Gasteiger partial charge >= 0.3 is 5.82 Å². The van der Waals surface area contributed by atoms with Crippen LogP contribution in [0, 0.1) is 10.1 Å². The van der Waals surface area contributed by atoms with Crippen LogP contribution in [0.1, 0.15) is 13.8 Å². The SMILES string of the molecule is CC(=O)NNC(=O)CN1C(=O)C(C)Oc2ccc([N+](=O)[O-])nc21. The van der Waals surface area contributed by atoms with E-state index in [4.69, 9.17) is 4.74 Å². The summed E-state index contributed by atoms with van der Waals surface area (Å²) in [5.41, 5.74) is 4.18. The number of aromatic nitrogens is 1. The standard InChI is InChI=1S/C12H13N5O6/c1-6-12(20)16(5-10(19)15-14-7(2)18)11-8(23-6)3-4-9(13-11)17(21)22/h3-4,6H,5H2,1-2H3,(H,14,18)(H,15,19). The molecule has 0 spiro atoms. The number of rotatable bonds is 3. The summed E-state index contributed by atoms with van der Waals surface area (Å²) in [6.45, 7) is 2.20. The largest absolute Gasteiger partial charge is 0.475 e. The number of ether oxygens (including phenoxy) is 1. The third-order valence-corrected chi connectivity index (χ3v) is 2.86.